The van der Waals surface area contributed by atoms with Gasteiger partial charge in [-0.05, 0) is 36.4 Å². The van der Waals surface area contributed by atoms with E-state index in [0.717, 1.165) is 55.8 Å². The number of morpholine rings is 1. The predicted molar refractivity (Wildman–Crippen MR) is 103 cm³/mol. The highest BCUT2D eigenvalue weighted by molar-refractivity contribution is 6.05. The summed E-state index contributed by atoms with van der Waals surface area (Å²) in [5.41, 5.74) is 2.49. The first-order valence-electron chi connectivity index (χ1n) is 9.06. The van der Waals surface area contributed by atoms with E-state index in [9.17, 15) is 9.18 Å². The fourth-order valence-electron chi connectivity index (χ4n) is 3.20. The first-order chi connectivity index (χ1) is 13.6. The Morgan fingerprint density at radius 2 is 2.11 bits per heavy atom. The Bertz CT molecular complexity index is 998. The number of H-pyrrole nitrogens is 1. The van der Waals surface area contributed by atoms with Crippen molar-refractivity contribution in [3.05, 3.63) is 53.6 Å². The number of methoxy groups -OCH3 is 1. The highest BCUT2D eigenvalue weighted by Gasteiger charge is 2.14. The van der Waals surface area contributed by atoms with Gasteiger partial charge in [0.25, 0.3) is 5.91 Å². The van der Waals surface area contributed by atoms with Crippen molar-refractivity contribution in [1.29, 1.82) is 0 Å². The van der Waals surface area contributed by atoms with Crippen LogP contribution >= 0.6 is 0 Å². The molecule has 146 valence electrons. The lowest BCUT2D eigenvalue weighted by atomic mass is 10.2. The minimum atomic E-state index is -0.577. The van der Waals surface area contributed by atoms with Crippen LogP contribution in [0.1, 0.15) is 16.2 Å². The van der Waals surface area contributed by atoms with Crippen molar-refractivity contribution in [3.8, 4) is 5.75 Å². The lowest BCUT2D eigenvalue weighted by molar-refractivity contribution is 0.0332. The van der Waals surface area contributed by atoms with Gasteiger partial charge in [0.1, 0.15) is 5.82 Å². The molecule has 1 aromatic heterocycles. The summed E-state index contributed by atoms with van der Waals surface area (Å²) in [7, 11) is 1.38. The molecule has 0 aliphatic carbocycles. The van der Waals surface area contributed by atoms with Gasteiger partial charge in [-0.25, -0.2) is 9.37 Å². The van der Waals surface area contributed by atoms with E-state index >= 15 is 0 Å². The van der Waals surface area contributed by atoms with Gasteiger partial charge >= 0.3 is 0 Å². The van der Waals surface area contributed by atoms with E-state index in [1.807, 2.05) is 12.1 Å². The highest BCUT2D eigenvalue weighted by atomic mass is 19.1. The van der Waals surface area contributed by atoms with Crippen LogP contribution in [0.15, 0.2) is 36.4 Å². The van der Waals surface area contributed by atoms with Gasteiger partial charge in [0.2, 0.25) is 0 Å². The summed E-state index contributed by atoms with van der Waals surface area (Å²) in [6.45, 7) is 3.98. The zero-order valence-corrected chi connectivity index (χ0v) is 15.5. The van der Waals surface area contributed by atoms with Gasteiger partial charge in [-0.15, -0.1) is 0 Å². The van der Waals surface area contributed by atoms with Crippen LogP contribution < -0.4 is 10.1 Å². The molecule has 1 aliphatic rings. The number of fused-ring (bicyclic) bond motifs is 1. The number of hydrogen-bond acceptors (Lipinski definition) is 5. The molecule has 3 aromatic rings. The average Bonchev–Trinajstić information content (AvgIpc) is 3.10. The van der Waals surface area contributed by atoms with Crippen LogP contribution in [-0.2, 0) is 11.3 Å². The Balaban J connectivity index is 1.48. The van der Waals surface area contributed by atoms with E-state index in [4.69, 9.17) is 9.47 Å². The molecule has 1 saturated heterocycles. The second-order valence-electron chi connectivity index (χ2n) is 6.61. The quantitative estimate of drug-likeness (QED) is 0.707. The molecule has 2 aromatic carbocycles. The molecule has 0 radical (unpaired) electrons. The largest absolute Gasteiger partial charge is 0.494 e. The van der Waals surface area contributed by atoms with E-state index in [1.165, 1.54) is 19.2 Å². The van der Waals surface area contributed by atoms with E-state index in [-0.39, 0.29) is 11.3 Å². The van der Waals surface area contributed by atoms with E-state index < -0.39 is 11.7 Å². The fraction of sp³-hybridized carbons (Fsp3) is 0.300. The van der Waals surface area contributed by atoms with Crippen molar-refractivity contribution in [1.82, 2.24) is 14.9 Å². The summed E-state index contributed by atoms with van der Waals surface area (Å²) in [5.74, 6) is 0.00159. The maximum Gasteiger partial charge on any atom is 0.255 e. The molecule has 7 nitrogen and oxygen atoms in total. The third-order valence-electron chi connectivity index (χ3n) is 4.68. The normalized spacial score (nSPS) is 14.9. The van der Waals surface area contributed by atoms with Gasteiger partial charge in [-0.3, -0.25) is 9.69 Å². The number of ether oxygens (including phenoxy) is 2. The number of benzene rings is 2. The van der Waals surface area contributed by atoms with Crippen molar-refractivity contribution in [2.45, 2.75) is 6.54 Å². The number of rotatable bonds is 5. The van der Waals surface area contributed by atoms with Crippen LogP contribution in [0.25, 0.3) is 11.0 Å². The molecule has 2 heterocycles. The van der Waals surface area contributed by atoms with Gasteiger partial charge < -0.3 is 19.8 Å². The lowest BCUT2D eigenvalue weighted by Crippen LogP contribution is -2.35. The molecule has 1 fully saturated rings. The summed E-state index contributed by atoms with van der Waals surface area (Å²) >= 11 is 0. The van der Waals surface area contributed by atoms with Crippen LogP contribution in [0.3, 0.4) is 0 Å². The molecular weight excluding hydrogens is 363 g/mol. The summed E-state index contributed by atoms with van der Waals surface area (Å²) in [4.78, 5) is 22.6. The van der Waals surface area contributed by atoms with Crippen molar-refractivity contribution in [2.24, 2.45) is 0 Å². The van der Waals surface area contributed by atoms with Crippen LogP contribution in [0.5, 0.6) is 5.75 Å². The number of anilines is 1. The van der Waals surface area contributed by atoms with Crippen molar-refractivity contribution >= 4 is 22.6 Å². The van der Waals surface area contributed by atoms with E-state index in [0.29, 0.717) is 5.69 Å². The number of aromatic amines is 1. The van der Waals surface area contributed by atoms with Gasteiger partial charge in [-0.1, -0.05) is 0 Å². The number of imidazole rings is 1. The van der Waals surface area contributed by atoms with Crippen LogP contribution in [0.4, 0.5) is 10.1 Å². The van der Waals surface area contributed by atoms with Crippen LogP contribution in [-0.4, -0.2) is 54.2 Å². The number of aromatic nitrogens is 2. The molecular formula is C20H21FN4O3. The topological polar surface area (TPSA) is 79.5 Å². The predicted octanol–water partition coefficient (Wildman–Crippen LogP) is 2.80. The minimum absolute atomic E-state index is 0.100. The summed E-state index contributed by atoms with van der Waals surface area (Å²) in [6.07, 6.45) is 0. The molecule has 0 bridgehead atoms. The van der Waals surface area contributed by atoms with Crippen molar-refractivity contribution in [3.63, 3.8) is 0 Å². The molecule has 2 N–H and O–H groups in total. The third-order valence-corrected chi connectivity index (χ3v) is 4.68. The second-order valence-corrected chi connectivity index (χ2v) is 6.61. The Morgan fingerprint density at radius 1 is 1.29 bits per heavy atom. The van der Waals surface area contributed by atoms with Crippen molar-refractivity contribution in [2.75, 3.05) is 38.7 Å². The Labute approximate surface area is 161 Å². The van der Waals surface area contributed by atoms with Gasteiger partial charge in [0.05, 0.1) is 37.9 Å². The Hall–Kier alpha value is -2.97. The SMILES string of the molecule is COc1ccc(C(=O)Nc2ccc3nc(CN4CCOCC4)[nH]c3c2)cc1F. The summed E-state index contributed by atoms with van der Waals surface area (Å²) < 4.78 is 24.1. The zero-order valence-electron chi connectivity index (χ0n) is 15.5. The van der Waals surface area contributed by atoms with E-state index in [2.05, 4.69) is 20.2 Å². The molecule has 0 saturated carbocycles. The number of nitrogens with one attached hydrogen (secondary N) is 2. The monoisotopic (exact) mass is 384 g/mol. The minimum Gasteiger partial charge on any atom is -0.494 e. The number of hydrogen-bond donors (Lipinski definition) is 2. The lowest BCUT2D eigenvalue weighted by Gasteiger charge is -2.25. The number of carbonyl (C=O) groups excluding carboxylic acids is 1. The molecule has 8 heteroatoms. The Kier molecular flexibility index (Phi) is 5.23. The standard InChI is InChI=1S/C20H21FN4O3/c1-27-18-5-2-13(10-15(18)21)20(26)22-14-3-4-16-17(11-14)24-19(23-16)12-25-6-8-28-9-7-25/h2-5,10-11H,6-9,12H2,1H3,(H,22,26)(H,23,24). The van der Waals surface area contributed by atoms with Crippen LogP contribution in [0.2, 0.25) is 0 Å². The maximum absolute atomic E-state index is 13.8. The van der Waals surface area contributed by atoms with Crippen molar-refractivity contribution < 1.29 is 18.7 Å². The fourth-order valence-corrected chi connectivity index (χ4v) is 3.20. The zero-order chi connectivity index (χ0) is 19.5. The summed E-state index contributed by atoms with van der Waals surface area (Å²) in [5, 5.41) is 2.78. The molecule has 1 amide bonds. The highest BCUT2D eigenvalue weighted by Crippen LogP contribution is 2.21. The molecule has 0 spiro atoms. The molecule has 1 aliphatic heterocycles. The third kappa shape index (κ3) is 3.97. The molecule has 0 atom stereocenters. The number of amides is 1. The van der Waals surface area contributed by atoms with Gasteiger partial charge in [0, 0.05) is 24.3 Å². The van der Waals surface area contributed by atoms with Gasteiger partial charge in [-0.2, -0.15) is 0 Å². The smallest absolute Gasteiger partial charge is 0.255 e. The number of halogens is 1. The number of carbonyl (C=O) groups is 1. The van der Waals surface area contributed by atoms with Gasteiger partial charge in [0.15, 0.2) is 11.6 Å². The molecule has 4 rings (SSSR count). The van der Waals surface area contributed by atoms with Crippen LogP contribution in [0, 0.1) is 5.82 Å². The second kappa shape index (κ2) is 7.95. The molecule has 28 heavy (non-hydrogen) atoms. The maximum atomic E-state index is 13.8. The summed E-state index contributed by atoms with van der Waals surface area (Å²) in [6, 6.07) is 9.55. The average molecular weight is 384 g/mol. The number of nitrogens with zero attached hydrogens (tertiary/aromatic N) is 2. The Morgan fingerprint density at radius 3 is 2.86 bits per heavy atom. The first kappa shape index (κ1) is 18.4. The molecule has 0 unspecified atom stereocenters. The first-order valence-corrected chi connectivity index (χ1v) is 9.06. The van der Waals surface area contributed by atoms with E-state index in [1.54, 1.807) is 6.07 Å².